The number of hydrogen-bond acceptors (Lipinski definition) is 3. The van der Waals surface area contributed by atoms with Crippen LogP contribution in [0.4, 0.5) is 0 Å². The summed E-state index contributed by atoms with van der Waals surface area (Å²) in [6, 6.07) is 0.168. The SMILES string of the molecule is O=C(O)CC(NC(=O)c1cc(Cl)cn1C1CC1)C(=O)O. The topological polar surface area (TPSA) is 109 Å². The smallest absolute Gasteiger partial charge is 0.326 e. The summed E-state index contributed by atoms with van der Waals surface area (Å²) in [5.74, 6) is -3.33. The van der Waals surface area contributed by atoms with Gasteiger partial charge >= 0.3 is 11.9 Å². The first-order valence-electron chi connectivity index (χ1n) is 6.01. The minimum absolute atomic E-state index is 0.200. The lowest BCUT2D eigenvalue weighted by atomic mass is 10.2. The Hall–Kier alpha value is -2.02. The summed E-state index contributed by atoms with van der Waals surface area (Å²) in [6.07, 6.45) is 2.80. The summed E-state index contributed by atoms with van der Waals surface area (Å²) in [7, 11) is 0. The molecule has 7 nitrogen and oxygen atoms in total. The molecule has 0 spiro atoms. The molecule has 2 rings (SSSR count). The summed E-state index contributed by atoms with van der Waals surface area (Å²) in [4.78, 5) is 33.6. The molecule has 0 saturated heterocycles. The first-order valence-corrected chi connectivity index (χ1v) is 6.39. The van der Waals surface area contributed by atoms with E-state index in [0.29, 0.717) is 5.02 Å². The van der Waals surface area contributed by atoms with Gasteiger partial charge in [0.15, 0.2) is 0 Å². The van der Waals surface area contributed by atoms with Crippen molar-refractivity contribution in [2.45, 2.75) is 31.3 Å². The second-order valence-corrected chi connectivity index (χ2v) is 5.08. The zero-order valence-electron chi connectivity index (χ0n) is 10.4. The number of carbonyl (C=O) groups excluding carboxylic acids is 1. The first-order chi connectivity index (χ1) is 9.38. The highest BCUT2D eigenvalue weighted by atomic mass is 35.5. The summed E-state index contributed by atoms with van der Waals surface area (Å²) in [5, 5.41) is 20.1. The zero-order chi connectivity index (χ0) is 14.9. The van der Waals surface area contributed by atoms with Crippen LogP contribution in [-0.4, -0.2) is 38.7 Å². The van der Waals surface area contributed by atoms with Gasteiger partial charge in [0, 0.05) is 12.2 Å². The summed E-state index contributed by atoms with van der Waals surface area (Å²) >= 11 is 5.85. The van der Waals surface area contributed by atoms with Crippen molar-refractivity contribution >= 4 is 29.4 Å². The van der Waals surface area contributed by atoms with E-state index in [4.69, 9.17) is 21.8 Å². The Morgan fingerprint density at radius 3 is 2.55 bits per heavy atom. The van der Waals surface area contributed by atoms with Crippen molar-refractivity contribution in [2.75, 3.05) is 0 Å². The van der Waals surface area contributed by atoms with Gasteiger partial charge in [0.1, 0.15) is 11.7 Å². The number of rotatable bonds is 6. The molecule has 20 heavy (non-hydrogen) atoms. The number of halogens is 1. The van der Waals surface area contributed by atoms with Crippen LogP contribution < -0.4 is 5.32 Å². The third-order valence-corrected chi connectivity index (χ3v) is 3.18. The number of hydrogen-bond donors (Lipinski definition) is 3. The number of amides is 1. The van der Waals surface area contributed by atoms with Gasteiger partial charge in [-0.25, -0.2) is 4.79 Å². The van der Waals surface area contributed by atoms with Crippen molar-refractivity contribution in [1.82, 2.24) is 9.88 Å². The molecule has 108 valence electrons. The van der Waals surface area contributed by atoms with Crippen LogP contribution in [0.2, 0.25) is 5.02 Å². The van der Waals surface area contributed by atoms with Crippen molar-refractivity contribution < 1.29 is 24.6 Å². The minimum Gasteiger partial charge on any atom is -0.481 e. The average Bonchev–Trinajstić information content (AvgIpc) is 3.10. The molecule has 1 atom stereocenters. The molecule has 1 fully saturated rings. The number of carboxylic acids is 2. The van der Waals surface area contributed by atoms with E-state index in [-0.39, 0.29) is 11.7 Å². The van der Waals surface area contributed by atoms with Crippen LogP contribution in [-0.2, 0) is 9.59 Å². The Morgan fingerprint density at radius 1 is 1.40 bits per heavy atom. The predicted molar refractivity (Wildman–Crippen MR) is 68.9 cm³/mol. The summed E-state index contributed by atoms with van der Waals surface area (Å²) in [6.45, 7) is 0. The molecule has 0 bridgehead atoms. The number of nitrogens with one attached hydrogen (secondary N) is 1. The Morgan fingerprint density at radius 2 is 2.05 bits per heavy atom. The van der Waals surface area contributed by atoms with Gasteiger partial charge in [0.25, 0.3) is 5.91 Å². The highest BCUT2D eigenvalue weighted by Gasteiger charge is 2.30. The molecule has 1 heterocycles. The van der Waals surface area contributed by atoms with E-state index in [0.717, 1.165) is 12.8 Å². The van der Waals surface area contributed by atoms with Gasteiger partial charge in [0.2, 0.25) is 0 Å². The first kappa shape index (κ1) is 14.4. The van der Waals surface area contributed by atoms with E-state index in [1.807, 2.05) is 0 Å². The Balaban J connectivity index is 2.14. The average molecular weight is 301 g/mol. The van der Waals surface area contributed by atoms with E-state index in [1.165, 1.54) is 6.07 Å². The lowest BCUT2D eigenvalue weighted by Gasteiger charge is -2.13. The van der Waals surface area contributed by atoms with Gasteiger partial charge in [-0.15, -0.1) is 0 Å². The van der Waals surface area contributed by atoms with Gasteiger partial charge < -0.3 is 20.1 Å². The van der Waals surface area contributed by atoms with E-state index in [1.54, 1.807) is 10.8 Å². The summed E-state index contributed by atoms with van der Waals surface area (Å²) < 4.78 is 1.69. The maximum atomic E-state index is 12.1. The molecule has 1 aromatic rings. The van der Waals surface area contributed by atoms with E-state index >= 15 is 0 Å². The molecular weight excluding hydrogens is 288 g/mol. The molecule has 1 amide bonds. The van der Waals surface area contributed by atoms with Crippen LogP contribution in [0.5, 0.6) is 0 Å². The van der Waals surface area contributed by atoms with E-state index in [2.05, 4.69) is 5.32 Å². The van der Waals surface area contributed by atoms with Gasteiger partial charge in [-0.3, -0.25) is 9.59 Å². The van der Waals surface area contributed by atoms with Gasteiger partial charge in [0.05, 0.1) is 11.4 Å². The normalized spacial score (nSPS) is 15.7. The molecule has 1 saturated carbocycles. The second kappa shape index (κ2) is 5.54. The molecule has 0 radical (unpaired) electrons. The maximum absolute atomic E-state index is 12.1. The van der Waals surface area contributed by atoms with Crippen LogP contribution in [0.1, 0.15) is 35.8 Å². The fourth-order valence-electron chi connectivity index (χ4n) is 1.89. The van der Waals surface area contributed by atoms with Crippen LogP contribution in [0.15, 0.2) is 12.3 Å². The Kier molecular flexibility index (Phi) is 3.99. The molecular formula is C12H13ClN2O5. The van der Waals surface area contributed by atoms with Crippen LogP contribution in [0.25, 0.3) is 0 Å². The Bertz CT molecular complexity index is 564. The van der Waals surface area contributed by atoms with Crippen LogP contribution in [0.3, 0.4) is 0 Å². The molecule has 1 aliphatic rings. The maximum Gasteiger partial charge on any atom is 0.326 e. The fourth-order valence-corrected chi connectivity index (χ4v) is 2.10. The second-order valence-electron chi connectivity index (χ2n) is 4.64. The van der Waals surface area contributed by atoms with Crippen molar-refractivity contribution in [3.05, 3.63) is 23.0 Å². The molecule has 0 aromatic carbocycles. The lowest BCUT2D eigenvalue weighted by Crippen LogP contribution is -2.42. The van der Waals surface area contributed by atoms with Crippen molar-refractivity contribution in [3.8, 4) is 0 Å². The summed E-state index contributed by atoms with van der Waals surface area (Å²) in [5.41, 5.74) is 0.245. The van der Waals surface area contributed by atoms with Crippen molar-refractivity contribution in [2.24, 2.45) is 0 Å². The number of aliphatic carboxylic acids is 2. The number of carboxylic acid groups (broad SMARTS) is 2. The number of aromatic nitrogens is 1. The molecule has 1 unspecified atom stereocenters. The van der Waals surface area contributed by atoms with Crippen LogP contribution in [0, 0.1) is 0 Å². The largest absolute Gasteiger partial charge is 0.481 e. The minimum atomic E-state index is -1.47. The third kappa shape index (κ3) is 3.30. The van der Waals surface area contributed by atoms with Crippen molar-refractivity contribution in [3.63, 3.8) is 0 Å². The zero-order valence-corrected chi connectivity index (χ0v) is 11.1. The standard InChI is InChI=1S/C12H13ClN2O5/c13-6-3-9(15(5-6)7-1-2-7)11(18)14-8(12(19)20)4-10(16)17/h3,5,7-8H,1-2,4H2,(H,14,18)(H,16,17)(H,19,20). The van der Waals surface area contributed by atoms with Gasteiger partial charge in [-0.2, -0.15) is 0 Å². The predicted octanol–water partition coefficient (Wildman–Crippen LogP) is 1.13. The highest BCUT2D eigenvalue weighted by Crippen LogP contribution is 2.37. The van der Waals surface area contributed by atoms with E-state index in [9.17, 15) is 14.4 Å². The Labute approximate surface area is 119 Å². The van der Waals surface area contributed by atoms with Crippen molar-refractivity contribution in [1.29, 1.82) is 0 Å². The molecule has 1 aliphatic carbocycles. The quantitative estimate of drug-likeness (QED) is 0.730. The van der Waals surface area contributed by atoms with Gasteiger partial charge in [-0.1, -0.05) is 11.6 Å². The fraction of sp³-hybridized carbons (Fsp3) is 0.417. The molecule has 1 aromatic heterocycles. The molecule has 8 heteroatoms. The molecule has 3 N–H and O–H groups in total. The number of carbonyl (C=O) groups is 3. The molecule has 0 aliphatic heterocycles. The van der Waals surface area contributed by atoms with E-state index < -0.39 is 30.3 Å². The third-order valence-electron chi connectivity index (χ3n) is 2.97. The lowest BCUT2D eigenvalue weighted by molar-refractivity contribution is -0.145. The monoisotopic (exact) mass is 300 g/mol. The van der Waals surface area contributed by atoms with Gasteiger partial charge in [-0.05, 0) is 18.9 Å². The highest BCUT2D eigenvalue weighted by molar-refractivity contribution is 6.31. The van der Waals surface area contributed by atoms with Crippen LogP contribution >= 0.6 is 11.6 Å². The number of nitrogens with zero attached hydrogens (tertiary/aromatic N) is 1.